The van der Waals surface area contributed by atoms with Crippen molar-refractivity contribution in [1.82, 2.24) is 29.1 Å². The van der Waals surface area contributed by atoms with Crippen LogP contribution in [0.5, 0.6) is 0 Å². The number of amides is 1. The highest BCUT2D eigenvalue weighted by Crippen LogP contribution is 2.26. The highest BCUT2D eigenvalue weighted by Gasteiger charge is 2.27. The standard InChI is InChI=1S/C21H27N7O4S2/c1-4-28-20(23-24-21(28)33-14-19(29)22-18-13-15(2)32-25-18)16-5-7-17(8-6-16)34(30,31)27-11-9-26(3)10-12-27/h5-8,13H,4,9-12,14H2,1-3H3,(H,22,25,29). The van der Waals surface area contributed by atoms with E-state index in [0.29, 0.717) is 55.3 Å². The minimum absolute atomic E-state index is 0.131. The van der Waals surface area contributed by atoms with Gasteiger partial charge in [0.2, 0.25) is 15.9 Å². The van der Waals surface area contributed by atoms with Gasteiger partial charge in [-0.15, -0.1) is 10.2 Å². The molecule has 1 fully saturated rings. The summed E-state index contributed by atoms with van der Waals surface area (Å²) in [5, 5.41) is 15.5. The number of anilines is 1. The van der Waals surface area contributed by atoms with Crippen LogP contribution in [-0.4, -0.2) is 82.4 Å². The Bertz CT molecular complexity index is 1250. The summed E-state index contributed by atoms with van der Waals surface area (Å²) >= 11 is 1.26. The zero-order chi connectivity index (χ0) is 24.3. The molecule has 1 amide bonds. The minimum Gasteiger partial charge on any atom is -0.360 e. The van der Waals surface area contributed by atoms with Crippen LogP contribution in [0.1, 0.15) is 12.7 Å². The molecule has 1 N–H and O–H groups in total. The summed E-state index contributed by atoms with van der Waals surface area (Å²) in [6.45, 7) is 6.69. The molecular weight excluding hydrogens is 478 g/mol. The highest BCUT2D eigenvalue weighted by atomic mass is 32.2. The number of piperazine rings is 1. The summed E-state index contributed by atoms with van der Waals surface area (Å²) in [5.41, 5.74) is 0.751. The van der Waals surface area contributed by atoms with Crippen LogP contribution < -0.4 is 5.32 Å². The Morgan fingerprint density at radius 1 is 1.15 bits per heavy atom. The molecular formula is C21H27N7O4S2. The first-order chi connectivity index (χ1) is 16.3. The van der Waals surface area contributed by atoms with Crippen LogP contribution in [0.4, 0.5) is 5.82 Å². The maximum absolute atomic E-state index is 13.0. The molecule has 1 saturated heterocycles. The average Bonchev–Trinajstić information content (AvgIpc) is 3.43. The second-order valence-electron chi connectivity index (χ2n) is 7.94. The lowest BCUT2D eigenvalue weighted by atomic mass is 10.2. The van der Waals surface area contributed by atoms with E-state index < -0.39 is 10.0 Å². The number of rotatable bonds is 8. The van der Waals surface area contributed by atoms with E-state index >= 15 is 0 Å². The van der Waals surface area contributed by atoms with Crippen molar-refractivity contribution in [3.8, 4) is 11.4 Å². The number of aryl methyl sites for hydroxylation is 1. The summed E-state index contributed by atoms with van der Waals surface area (Å²) in [7, 11) is -1.55. The molecule has 0 aliphatic carbocycles. The predicted octanol–water partition coefficient (Wildman–Crippen LogP) is 1.93. The van der Waals surface area contributed by atoms with Gasteiger partial charge in [-0.2, -0.15) is 4.31 Å². The summed E-state index contributed by atoms with van der Waals surface area (Å²) in [6, 6.07) is 8.35. The third-order valence-electron chi connectivity index (χ3n) is 5.47. The van der Waals surface area contributed by atoms with Crippen LogP contribution >= 0.6 is 11.8 Å². The van der Waals surface area contributed by atoms with E-state index in [2.05, 4.69) is 25.6 Å². The molecule has 0 unspecified atom stereocenters. The number of benzene rings is 1. The van der Waals surface area contributed by atoms with Gasteiger partial charge in [-0.05, 0) is 45.2 Å². The largest absolute Gasteiger partial charge is 0.360 e. The third kappa shape index (κ3) is 5.32. The highest BCUT2D eigenvalue weighted by molar-refractivity contribution is 7.99. The number of carbonyl (C=O) groups excluding carboxylic acids is 1. The Morgan fingerprint density at radius 3 is 2.47 bits per heavy atom. The van der Waals surface area contributed by atoms with Crippen molar-refractivity contribution in [2.45, 2.75) is 30.4 Å². The minimum atomic E-state index is -3.53. The molecule has 1 aliphatic rings. The molecule has 0 radical (unpaired) electrons. The molecule has 0 saturated carbocycles. The number of sulfonamides is 1. The zero-order valence-electron chi connectivity index (χ0n) is 19.3. The van der Waals surface area contributed by atoms with Gasteiger partial charge in [0.25, 0.3) is 0 Å². The lowest BCUT2D eigenvalue weighted by molar-refractivity contribution is -0.113. The van der Waals surface area contributed by atoms with Crippen LogP contribution in [0.15, 0.2) is 44.9 Å². The van der Waals surface area contributed by atoms with Gasteiger partial charge in [-0.3, -0.25) is 4.79 Å². The van der Waals surface area contributed by atoms with E-state index in [0.717, 1.165) is 5.56 Å². The third-order valence-corrected chi connectivity index (χ3v) is 8.35. The van der Waals surface area contributed by atoms with Crippen LogP contribution in [0.3, 0.4) is 0 Å². The molecule has 0 atom stereocenters. The zero-order valence-corrected chi connectivity index (χ0v) is 20.9. The molecule has 13 heteroatoms. The molecule has 34 heavy (non-hydrogen) atoms. The van der Waals surface area contributed by atoms with Crippen molar-refractivity contribution in [2.75, 3.05) is 44.3 Å². The molecule has 0 spiro atoms. The molecule has 3 aromatic rings. The fourth-order valence-electron chi connectivity index (χ4n) is 3.58. The molecule has 0 bridgehead atoms. The van der Waals surface area contributed by atoms with Crippen molar-refractivity contribution in [2.24, 2.45) is 0 Å². The van der Waals surface area contributed by atoms with Crippen LogP contribution in [0, 0.1) is 6.92 Å². The topological polar surface area (TPSA) is 126 Å². The number of aromatic nitrogens is 4. The lowest BCUT2D eigenvalue weighted by Crippen LogP contribution is -2.46. The molecule has 4 rings (SSSR count). The van der Waals surface area contributed by atoms with Crippen molar-refractivity contribution in [1.29, 1.82) is 0 Å². The van der Waals surface area contributed by atoms with Gasteiger partial charge in [0.1, 0.15) is 5.76 Å². The normalized spacial score (nSPS) is 15.5. The molecule has 3 heterocycles. The van der Waals surface area contributed by atoms with E-state index in [1.54, 1.807) is 37.3 Å². The van der Waals surface area contributed by atoms with Gasteiger partial charge in [0.15, 0.2) is 16.8 Å². The Balaban J connectivity index is 1.44. The van der Waals surface area contributed by atoms with Crippen LogP contribution in [0.2, 0.25) is 0 Å². The summed E-state index contributed by atoms with van der Waals surface area (Å²) in [4.78, 5) is 14.6. The first-order valence-corrected chi connectivity index (χ1v) is 13.3. The summed E-state index contributed by atoms with van der Waals surface area (Å²) in [6.07, 6.45) is 0. The summed E-state index contributed by atoms with van der Waals surface area (Å²) in [5.74, 6) is 1.49. The SMILES string of the molecule is CCn1c(SCC(=O)Nc2cc(C)on2)nnc1-c1ccc(S(=O)(=O)N2CCN(C)CC2)cc1. The smallest absolute Gasteiger partial charge is 0.243 e. The van der Waals surface area contributed by atoms with Crippen molar-refractivity contribution < 1.29 is 17.7 Å². The molecule has 11 nitrogen and oxygen atoms in total. The Hall–Kier alpha value is -2.74. The average molecular weight is 506 g/mol. The first-order valence-electron chi connectivity index (χ1n) is 10.9. The fraction of sp³-hybridized carbons (Fsp3) is 0.429. The van der Waals surface area contributed by atoms with Gasteiger partial charge >= 0.3 is 0 Å². The van der Waals surface area contributed by atoms with Gasteiger partial charge in [-0.25, -0.2) is 8.42 Å². The van der Waals surface area contributed by atoms with Gasteiger partial charge in [0.05, 0.1) is 10.6 Å². The number of hydrogen-bond acceptors (Lipinski definition) is 9. The van der Waals surface area contributed by atoms with Crippen molar-refractivity contribution in [3.05, 3.63) is 36.1 Å². The molecule has 1 aromatic carbocycles. The summed E-state index contributed by atoms with van der Waals surface area (Å²) < 4.78 is 34.3. The monoisotopic (exact) mass is 505 g/mol. The van der Waals surface area contributed by atoms with Crippen molar-refractivity contribution in [3.63, 3.8) is 0 Å². The Morgan fingerprint density at radius 2 is 1.85 bits per heavy atom. The quantitative estimate of drug-likeness (QED) is 0.457. The van der Waals surface area contributed by atoms with E-state index in [9.17, 15) is 13.2 Å². The Kier molecular flexibility index (Phi) is 7.36. The molecule has 1 aliphatic heterocycles. The van der Waals surface area contributed by atoms with Crippen molar-refractivity contribution >= 4 is 33.5 Å². The van der Waals surface area contributed by atoms with E-state index in [1.807, 2.05) is 18.5 Å². The number of hydrogen-bond donors (Lipinski definition) is 1. The molecule has 2 aromatic heterocycles. The van der Waals surface area contributed by atoms with Gasteiger partial charge in [0, 0.05) is 44.4 Å². The maximum Gasteiger partial charge on any atom is 0.243 e. The first kappa shape index (κ1) is 24.4. The number of nitrogens with zero attached hydrogens (tertiary/aromatic N) is 6. The Labute approximate surface area is 202 Å². The fourth-order valence-corrected chi connectivity index (χ4v) is 5.81. The predicted molar refractivity (Wildman–Crippen MR) is 128 cm³/mol. The lowest BCUT2D eigenvalue weighted by Gasteiger charge is -2.31. The van der Waals surface area contributed by atoms with E-state index in [-0.39, 0.29) is 16.6 Å². The van der Waals surface area contributed by atoms with Crippen LogP contribution in [0.25, 0.3) is 11.4 Å². The van der Waals surface area contributed by atoms with E-state index in [4.69, 9.17) is 4.52 Å². The number of nitrogens with one attached hydrogen (secondary N) is 1. The number of carbonyl (C=O) groups is 1. The van der Waals surface area contributed by atoms with Gasteiger partial charge in [-0.1, -0.05) is 16.9 Å². The van der Waals surface area contributed by atoms with Crippen LogP contribution in [-0.2, 0) is 21.4 Å². The molecule has 182 valence electrons. The van der Waals surface area contributed by atoms with Gasteiger partial charge < -0.3 is 19.3 Å². The second-order valence-corrected chi connectivity index (χ2v) is 10.8. The second kappa shape index (κ2) is 10.3. The maximum atomic E-state index is 13.0. The van der Waals surface area contributed by atoms with E-state index in [1.165, 1.54) is 16.1 Å². The number of likely N-dealkylation sites (N-methyl/N-ethyl adjacent to an activating group) is 1. The number of thioether (sulfide) groups is 1.